The Morgan fingerprint density at radius 3 is 2.77 bits per heavy atom. The van der Waals surface area contributed by atoms with E-state index in [1.165, 1.54) is 0 Å². The van der Waals surface area contributed by atoms with Crippen LogP contribution in [0.3, 0.4) is 0 Å². The predicted molar refractivity (Wildman–Crippen MR) is 84.4 cm³/mol. The molecule has 2 rings (SSSR count). The van der Waals surface area contributed by atoms with Crippen LogP contribution in [-0.2, 0) is 20.7 Å². The van der Waals surface area contributed by atoms with Crippen molar-refractivity contribution in [3.8, 4) is 0 Å². The first kappa shape index (κ1) is 16.8. The van der Waals surface area contributed by atoms with E-state index >= 15 is 0 Å². The number of hydrogen-bond acceptors (Lipinski definition) is 3. The molecule has 3 N–H and O–H groups in total. The van der Waals surface area contributed by atoms with Crippen molar-refractivity contribution in [2.75, 3.05) is 6.54 Å². The van der Waals surface area contributed by atoms with E-state index in [1.807, 2.05) is 31.2 Å². The number of rotatable bonds is 6. The van der Waals surface area contributed by atoms with Gasteiger partial charge in [0.15, 0.2) is 0 Å². The first-order valence-corrected chi connectivity index (χ1v) is 7.81. The maximum absolute atomic E-state index is 12.1. The van der Waals surface area contributed by atoms with Crippen molar-refractivity contribution in [1.82, 2.24) is 5.32 Å². The number of nitrogens with one attached hydrogen (secondary N) is 1. The van der Waals surface area contributed by atoms with Crippen molar-refractivity contribution in [1.29, 1.82) is 0 Å². The Kier molecular flexibility index (Phi) is 5.80. The molecule has 1 heterocycles. The van der Waals surface area contributed by atoms with Crippen LogP contribution in [0.5, 0.6) is 0 Å². The average molecular weight is 325 g/mol. The first-order valence-electron chi connectivity index (χ1n) is 7.43. The standard InChI is InChI=1S/C16H21ClN2O3/c1-10(8-11-4-2-3-5-13(11)17)16(21)19-9-12-6-7-14(22-12)15(18)20/h2-5,10,12,14H,6-9H2,1H3,(H2,18,20)(H,19,21). The highest BCUT2D eigenvalue weighted by atomic mass is 35.5. The maximum atomic E-state index is 12.1. The van der Waals surface area contributed by atoms with Gasteiger partial charge in [-0.05, 0) is 30.9 Å². The average Bonchev–Trinajstić information content (AvgIpc) is 2.96. The number of halogens is 1. The molecule has 1 aliphatic heterocycles. The maximum Gasteiger partial charge on any atom is 0.246 e. The third-order valence-electron chi connectivity index (χ3n) is 3.86. The molecule has 6 heteroatoms. The van der Waals surface area contributed by atoms with E-state index in [0.717, 1.165) is 12.0 Å². The molecule has 1 fully saturated rings. The van der Waals surface area contributed by atoms with E-state index in [0.29, 0.717) is 24.4 Å². The number of amides is 2. The largest absolute Gasteiger partial charge is 0.367 e. The molecule has 0 aliphatic carbocycles. The predicted octanol–water partition coefficient (Wildman–Crippen LogP) is 1.67. The fourth-order valence-corrected chi connectivity index (χ4v) is 2.75. The van der Waals surface area contributed by atoms with Gasteiger partial charge in [0.1, 0.15) is 6.10 Å². The highest BCUT2D eigenvalue weighted by Crippen LogP contribution is 2.20. The molecule has 1 saturated heterocycles. The summed E-state index contributed by atoms with van der Waals surface area (Å²) in [7, 11) is 0. The van der Waals surface area contributed by atoms with Gasteiger partial charge < -0.3 is 15.8 Å². The van der Waals surface area contributed by atoms with E-state index in [9.17, 15) is 9.59 Å². The number of benzene rings is 1. The Morgan fingerprint density at radius 1 is 1.41 bits per heavy atom. The van der Waals surface area contributed by atoms with Crippen LogP contribution in [0.25, 0.3) is 0 Å². The topological polar surface area (TPSA) is 81.4 Å². The van der Waals surface area contributed by atoms with Gasteiger partial charge in [-0.25, -0.2) is 0 Å². The lowest BCUT2D eigenvalue weighted by Crippen LogP contribution is -2.37. The van der Waals surface area contributed by atoms with Crippen LogP contribution < -0.4 is 11.1 Å². The molecule has 1 aromatic carbocycles. The highest BCUT2D eigenvalue weighted by Gasteiger charge is 2.29. The van der Waals surface area contributed by atoms with Gasteiger partial charge in [0.05, 0.1) is 6.10 Å². The Morgan fingerprint density at radius 2 is 2.14 bits per heavy atom. The molecule has 5 nitrogen and oxygen atoms in total. The molecule has 3 unspecified atom stereocenters. The van der Waals surface area contributed by atoms with Gasteiger partial charge in [-0.3, -0.25) is 9.59 Å². The first-order chi connectivity index (χ1) is 10.5. The normalized spacial score (nSPS) is 22.3. The third-order valence-corrected chi connectivity index (χ3v) is 4.23. The van der Waals surface area contributed by atoms with Gasteiger partial charge in [-0.2, -0.15) is 0 Å². The van der Waals surface area contributed by atoms with Crippen LogP contribution in [0.15, 0.2) is 24.3 Å². The van der Waals surface area contributed by atoms with Crippen molar-refractivity contribution < 1.29 is 14.3 Å². The van der Waals surface area contributed by atoms with Gasteiger partial charge in [-0.15, -0.1) is 0 Å². The molecule has 22 heavy (non-hydrogen) atoms. The third kappa shape index (κ3) is 4.45. The lowest BCUT2D eigenvalue weighted by Gasteiger charge is -2.16. The summed E-state index contributed by atoms with van der Waals surface area (Å²) in [6, 6.07) is 7.51. The van der Waals surface area contributed by atoms with Crippen LogP contribution in [0.2, 0.25) is 5.02 Å². The van der Waals surface area contributed by atoms with Crippen molar-refractivity contribution in [2.45, 2.75) is 38.4 Å². The Hall–Kier alpha value is -1.59. The summed E-state index contributed by atoms with van der Waals surface area (Å²) in [6.45, 7) is 2.26. The van der Waals surface area contributed by atoms with Crippen LogP contribution in [0.1, 0.15) is 25.3 Å². The summed E-state index contributed by atoms with van der Waals surface area (Å²) in [5.74, 6) is -0.680. The van der Waals surface area contributed by atoms with Gasteiger partial charge >= 0.3 is 0 Å². The molecule has 0 spiro atoms. The Bertz CT molecular complexity index is 550. The quantitative estimate of drug-likeness (QED) is 0.835. The van der Waals surface area contributed by atoms with E-state index in [1.54, 1.807) is 0 Å². The molecule has 0 bridgehead atoms. The number of hydrogen-bond donors (Lipinski definition) is 2. The molecular formula is C16H21ClN2O3. The van der Waals surface area contributed by atoms with Crippen molar-refractivity contribution in [3.05, 3.63) is 34.9 Å². The molecule has 3 atom stereocenters. The number of ether oxygens (including phenoxy) is 1. The smallest absolute Gasteiger partial charge is 0.246 e. The zero-order chi connectivity index (χ0) is 16.1. The van der Waals surface area contributed by atoms with Crippen LogP contribution >= 0.6 is 11.6 Å². The van der Waals surface area contributed by atoms with Crippen molar-refractivity contribution >= 4 is 23.4 Å². The number of nitrogens with two attached hydrogens (primary N) is 1. The summed E-state index contributed by atoms with van der Waals surface area (Å²) in [5.41, 5.74) is 6.16. The lowest BCUT2D eigenvalue weighted by molar-refractivity contribution is -0.129. The molecule has 0 saturated carbocycles. The molecule has 1 aliphatic rings. The number of carbonyl (C=O) groups excluding carboxylic acids is 2. The van der Waals surface area contributed by atoms with Crippen LogP contribution in [0, 0.1) is 5.92 Å². The SMILES string of the molecule is CC(Cc1ccccc1Cl)C(=O)NCC1CCC(C(N)=O)O1. The van der Waals surface area contributed by atoms with E-state index in [2.05, 4.69) is 5.32 Å². The zero-order valence-corrected chi connectivity index (χ0v) is 13.3. The van der Waals surface area contributed by atoms with Gasteiger partial charge in [0, 0.05) is 17.5 Å². The summed E-state index contributed by atoms with van der Waals surface area (Å²) in [6.07, 6.45) is 1.26. The second kappa shape index (κ2) is 7.61. The van der Waals surface area contributed by atoms with Crippen LogP contribution in [-0.4, -0.2) is 30.6 Å². The second-order valence-electron chi connectivity index (χ2n) is 5.67. The highest BCUT2D eigenvalue weighted by molar-refractivity contribution is 6.31. The fourth-order valence-electron chi connectivity index (χ4n) is 2.54. The minimum Gasteiger partial charge on any atom is -0.367 e. The van der Waals surface area contributed by atoms with E-state index in [-0.39, 0.29) is 17.9 Å². The summed E-state index contributed by atoms with van der Waals surface area (Å²) in [5, 5.41) is 3.54. The molecule has 120 valence electrons. The van der Waals surface area contributed by atoms with Crippen molar-refractivity contribution in [3.63, 3.8) is 0 Å². The van der Waals surface area contributed by atoms with Gasteiger partial charge in [0.25, 0.3) is 0 Å². The van der Waals surface area contributed by atoms with E-state index in [4.69, 9.17) is 22.1 Å². The van der Waals surface area contributed by atoms with Crippen molar-refractivity contribution in [2.24, 2.45) is 11.7 Å². The minimum atomic E-state index is -0.526. The molecular weight excluding hydrogens is 304 g/mol. The monoisotopic (exact) mass is 324 g/mol. The zero-order valence-electron chi connectivity index (χ0n) is 12.5. The molecule has 1 aromatic rings. The van der Waals surface area contributed by atoms with Gasteiger partial charge in [-0.1, -0.05) is 36.7 Å². The molecule has 0 aromatic heterocycles. The molecule has 2 amide bonds. The Balaban J connectivity index is 1.78. The van der Waals surface area contributed by atoms with E-state index < -0.39 is 12.0 Å². The summed E-state index contributed by atoms with van der Waals surface area (Å²) < 4.78 is 5.48. The lowest BCUT2D eigenvalue weighted by atomic mass is 10.0. The number of primary amides is 1. The Labute approximate surface area is 135 Å². The summed E-state index contributed by atoms with van der Waals surface area (Å²) in [4.78, 5) is 23.2. The second-order valence-corrected chi connectivity index (χ2v) is 6.08. The minimum absolute atomic E-state index is 0.0500. The summed E-state index contributed by atoms with van der Waals surface area (Å²) >= 11 is 6.10. The molecule has 0 radical (unpaired) electrons. The van der Waals surface area contributed by atoms with Crippen LogP contribution in [0.4, 0.5) is 0 Å². The fraction of sp³-hybridized carbons (Fsp3) is 0.500. The number of carbonyl (C=O) groups is 2. The van der Waals surface area contributed by atoms with Gasteiger partial charge in [0.2, 0.25) is 11.8 Å².